The molecule has 2 aliphatic rings. The zero-order chi connectivity index (χ0) is 27.9. The van der Waals surface area contributed by atoms with Gasteiger partial charge in [0.25, 0.3) is 5.56 Å². The van der Waals surface area contributed by atoms with Gasteiger partial charge in [-0.1, -0.05) is 11.6 Å². The summed E-state index contributed by atoms with van der Waals surface area (Å²) in [4.78, 5) is 36.6. The van der Waals surface area contributed by atoms with Crippen molar-refractivity contribution in [3.05, 3.63) is 68.7 Å². The lowest BCUT2D eigenvalue weighted by Crippen LogP contribution is -2.37. The van der Waals surface area contributed by atoms with Crippen LogP contribution in [0.2, 0.25) is 5.02 Å². The van der Waals surface area contributed by atoms with Crippen LogP contribution >= 0.6 is 11.6 Å². The quantitative estimate of drug-likeness (QED) is 0.419. The lowest BCUT2D eigenvalue weighted by Gasteiger charge is -2.33. The molecule has 0 saturated carbocycles. The van der Waals surface area contributed by atoms with E-state index in [1.54, 1.807) is 4.90 Å². The fourth-order valence-electron chi connectivity index (χ4n) is 4.88. The normalized spacial score (nSPS) is 17.6. The van der Waals surface area contributed by atoms with E-state index in [0.717, 1.165) is 43.1 Å². The van der Waals surface area contributed by atoms with Gasteiger partial charge >= 0.3 is 6.18 Å². The first-order valence-electron chi connectivity index (χ1n) is 12.2. The summed E-state index contributed by atoms with van der Waals surface area (Å²) in [5.74, 6) is -1.85. The second kappa shape index (κ2) is 10.5. The van der Waals surface area contributed by atoms with Gasteiger partial charge in [-0.05, 0) is 43.9 Å². The number of hydrogen-bond acceptors (Lipinski definition) is 7. The summed E-state index contributed by atoms with van der Waals surface area (Å²) in [6, 6.07) is 2.10. The van der Waals surface area contributed by atoms with E-state index in [0.29, 0.717) is 42.6 Å². The van der Waals surface area contributed by atoms with Crippen LogP contribution in [0.1, 0.15) is 49.2 Å². The molecule has 14 heteroatoms. The first-order chi connectivity index (χ1) is 18.6. The number of alkyl halides is 3. The molecule has 3 aromatic rings. The molecule has 1 unspecified atom stereocenters. The van der Waals surface area contributed by atoms with Crippen molar-refractivity contribution in [3.63, 3.8) is 0 Å². The van der Waals surface area contributed by atoms with Gasteiger partial charge in [0.2, 0.25) is 5.91 Å². The van der Waals surface area contributed by atoms with E-state index >= 15 is 0 Å². The number of carbonyl (C=O) groups is 1. The van der Waals surface area contributed by atoms with Crippen LogP contribution in [-0.2, 0) is 28.7 Å². The molecule has 0 radical (unpaired) electrons. The highest BCUT2D eigenvalue weighted by Gasteiger charge is 2.38. The van der Waals surface area contributed by atoms with E-state index in [9.17, 15) is 27.2 Å². The first kappa shape index (κ1) is 27.0. The molecule has 9 nitrogen and oxygen atoms in total. The molecule has 39 heavy (non-hydrogen) atoms. The molecule has 1 saturated heterocycles. The second-order valence-corrected chi connectivity index (χ2v) is 9.60. The van der Waals surface area contributed by atoms with E-state index < -0.39 is 40.9 Å². The number of nitrogens with zero attached hydrogens (tertiary/aromatic N) is 6. The van der Waals surface area contributed by atoms with Crippen LogP contribution in [0.25, 0.3) is 0 Å². The number of halogens is 5. The molecule has 0 aliphatic carbocycles. The fourth-order valence-corrected chi connectivity index (χ4v) is 5.13. The molecule has 206 valence electrons. The summed E-state index contributed by atoms with van der Waals surface area (Å²) < 4.78 is 61.9. The van der Waals surface area contributed by atoms with E-state index in [4.69, 9.17) is 16.3 Å². The van der Waals surface area contributed by atoms with Gasteiger partial charge in [0.05, 0.1) is 35.4 Å². The molecule has 4 heterocycles. The molecule has 1 amide bonds. The lowest BCUT2D eigenvalue weighted by atomic mass is 10.0. The molecular weight excluding hydrogens is 544 g/mol. The van der Waals surface area contributed by atoms with Crippen LogP contribution in [0.5, 0.6) is 0 Å². The van der Waals surface area contributed by atoms with Crippen molar-refractivity contribution >= 4 is 34.7 Å². The molecular formula is C25H23ClF4N6O3. The Kier molecular flexibility index (Phi) is 7.29. The van der Waals surface area contributed by atoms with Gasteiger partial charge in [-0.2, -0.15) is 23.0 Å². The number of ether oxygens (including phenoxy) is 1. The zero-order valence-electron chi connectivity index (χ0n) is 20.7. The highest BCUT2D eigenvalue weighted by Crippen LogP contribution is 2.41. The SMILES string of the molecule is CC(=O)N(c1ccc(F)cc1C(F)(F)F)c1ncnc2c1CCN(c1cnn(C3CCCCO3)c(=O)c1Cl)C2. The smallest absolute Gasteiger partial charge is 0.363 e. The lowest BCUT2D eigenvalue weighted by molar-refractivity contribution is -0.137. The minimum Gasteiger partial charge on any atom is -0.363 e. The number of amides is 1. The Labute approximate surface area is 225 Å². The Morgan fingerprint density at radius 3 is 2.72 bits per heavy atom. The Morgan fingerprint density at radius 1 is 1.23 bits per heavy atom. The number of fused-ring (bicyclic) bond motifs is 1. The van der Waals surface area contributed by atoms with Gasteiger partial charge in [-0.3, -0.25) is 14.5 Å². The molecule has 0 spiro atoms. The molecule has 2 aliphatic heterocycles. The maximum atomic E-state index is 13.8. The summed E-state index contributed by atoms with van der Waals surface area (Å²) in [7, 11) is 0. The van der Waals surface area contributed by atoms with Gasteiger partial charge in [0, 0.05) is 25.6 Å². The minimum atomic E-state index is -4.92. The van der Waals surface area contributed by atoms with E-state index in [1.165, 1.54) is 10.9 Å². The Morgan fingerprint density at radius 2 is 2.03 bits per heavy atom. The number of carbonyl (C=O) groups excluding carboxylic acids is 1. The molecule has 5 rings (SSSR count). The molecule has 1 fully saturated rings. The van der Waals surface area contributed by atoms with Gasteiger partial charge < -0.3 is 9.64 Å². The number of hydrogen-bond donors (Lipinski definition) is 0. The number of benzene rings is 1. The van der Waals surface area contributed by atoms with Crippen molar-refractivity contribution in [3.8, 4) is 0 Å². The van der Waals surface area contributed by atoms with Crippen molar-refractivity contribution in [1.82, 2.24) is 19.7 Å². The van der Waals surface area contributed by atoms with Crippen LogP contribution < -0.4 is 15.4 Å². The average Bonchev–Trinajstić information content (AvgIpc) is 2.90. The van der Waals surface area contributed by atoms with E-state index in [-0.39, 0.29) is 23.8 Å². The Hall–Kier alpha value is -3.58. The Balaban J connectivity index is 1.49. The first-order valence-corrected chi connectivity index (χ1v) is 12.6. The third kappa shape index (κ3) is 5.20. The molecule has 1 atom stereocenters. The molecule has 0 bridgehead atoms. The highest BCUT2D eigenvalue weighted by molar-refractivity contribution is 6.33. The standard InChI is InChI=1S/C25H23ClF4N6O3/c1-14(37)35(19-6-5-15(27)10-17(19)25(28,29)30)23-16-7-8-34(12-18(16)31-13-32-23)20-11-33-36(24(38)22(20)26)21-4-2-3-9-39-21/h5-6,10-11,13,21H,2-4,7-9,12H2,1H3. The second-order valence-electron chi connectivity index (χ2n) is 9.22. The summed E-state index contributed by atoms with van der Waals surface area (Å²) in [5.41, 5.74) is -1.07. The van der Waals surface area contributed by atoms with Crippen molar-refractivity contribution in [2.45, 2.75) is 51.6 Å². The zero-order valence-corrected chi connectivity index (χ0v) is 21.5. The van der Waals surface area contributed by atoms with E-state index in [2.05, 4.69) is 15.1 Å². The predicted octanol–water partition coefficient (Wildman–Crippen LogP) is 4.79. The van der Waals surface area contributed by atoms with Gasteiger partial charge in [-0.25, -0.2) is 14.4 Å². The molecule has 2 aromatic heterocycles. The average molecular weight is 567 g/mol. The largest absolute Gasteiger partial charge is 0.418 e. The fraction of sp³-hybridized carbons (Fsp3) is 0.400. The van der Waals surface area contributed by atoms with Crippen LogP contribution in [-0.4, -0.2) is 38.8 Å². The summed E-state index contributed by atoms with van der Waals surface area (Å²) in [6.45, 7) is 2.06. The van der Waals surface area contributed by atoms with E-state index in [1.807, 2.05) is 0 Å². The van der Waals surface area contributed by atoms with Crippen LogP contribution in [0.4, 0.5) is 34.8 Å². The van der Waals surface area contributed by atoms with Gasteiger partial charge in [-0.15, -0.1) is 0 Å². The minimum absolute atomic E-state index is 0.0293. The summed E-state index contributed by atoms with van der Waals surface area (Å²) in [5, 5.41) is 4.23. The number of aromatic nitrogens is 4. The maximum absolute atomic E-state index is 13.8. The summed E-state index contributed by atoms with van der Waals surface area (Å²) in [6.07, 6.45) is -0.0917. The monoisotopic (exact) mass is 566 g/mol. The van der Waals surface area contributed by atoms with Crippen LogP contribution in [0.15, 0.2) is 35.5 Å². The summed E-state index contributed by atoms with van der Waals surface area (Å²) >= 11 is 6.46. The van der Waals surface area contributed by atoms with Gasteiger partial charge in [0.15, 0.2) is 6.23 Å². The Bertz CT molecular complexity index is 1480. The van der Waals surface area contributed by atoms with Crippen molar-refractivity contribution in [2.75, 3.05) is 23.0 Å². The molecule has 0 N–H and O–H groups in total. The number of anilines is 3. The van der Waals surface area contributed by atoms with Crippen molar-refractivity contribution in [2.24, 2.45) is 0 Å². The number of rotatable bonds is 4. The van der Waals surface area contributed by atoms with Crippen LogP contribution in [0.3, 0.4) is 0 Å². The third-order valence-electron chi connectivity index (χ3n) is 6.71. The van der Waals surface area contributed by atoms with Crippen molar-refractivity contribution in [1.29, 1.82) is 0 Å². The predicted molar refractivity (Wildman–Crippen MR) is 133 cm³/mol. The van der Waals surface area contributed by atoms with Gasteiger partial charge in [0.1, 0.15) is 23.0 Å². The molecule has 1 aromatic carbocycles. The highest BCUT2D eigenvalue weighted by atomic mass is 35.5. The maximum Gasteiger partial charge on any atom is 0.418 e. The van der Waals surface area contributed by atoms with Crippen molar-refractivity contribution < 1.29 is 27.1 Å². The third-order valence-corrected chi connectivity index (χ3v) is 7.07. The topological polar surface area (TPSA) is 93.5 Å². The van der Waals surface area contributed by atoms with Crippen LogP contribution in [0, 0.1) is 5.82 Å².